The van der Waals surface area contributed by atoms with Crippen molar-refractivity contribution in [2.24, 2.45) is 0 Å². The average Bonchev–Trinajstić information content (AvgIpc) is 2.30. The highest BCUT2D eigenvalue weighted by atomic mass is 79.9. The molecule has 0 unspecified atom stereocenters. The zero-order chi connectivity index (χ0) is 10.7. The molecule has 1 aromatic heterocycles. The number of hydrogen-bond donors (Lipinski definition) is 0. The van der Waals surface area contributed by atoms with Crippen molar-refractivity contribution in [2.45, 2.75) is 0 Å². The molecule has 0 aliphatic rings. The van der Waals surface area contributed by atoms with Gasteiger partial charge in [0.15, 0.2) is 0 Å². The van der Waals surface area contributed by atoms with E-state index in [1.54, 1.807) is 30.6 Å². The van der Waals surface area contributed by atoms with E-state index in [0.717, 1.165) is 4.47 Å². The van der Waals surface area contributed by atoms with Gasteiger partial charge in [-0.1, -0.05) is 28.1 Å². The van der Waals surface area contributed by atoms with Crippen molar-refractivity contribution in [1.82, 2.24) is 9.97 Å². The Labute approximate surface area is 95.3 Å². The largest absolute Gasteiger partial charge is 0.285 e. The van der Waals surface area contributed by atoms with Crippen LogP contribution in [0.4, 0.5) is 0 Å². The van der Waals surface area contributed by atoms with Crippen molar-refractivity contribution in [2.75, 3.05) is 0 Å². The van der Waals surface area contributed by atoms with E-state index in [9.17, 15) is 4.79 Å². The van der Waals surface area contributed by atoms with Crippen LogP contribution in [0, 0.1) is 0 Å². The van der Waals surface area contributed by atoms with Crippen LogP contribution in [0.15, 0.2) is 47.2 Å². The van der Waals surface area contributed by atoms with E-state index in [1.165, 1.54) is 0 Å². The first-order chi connectivity index (χ1) is 7.29. The van der Waals surface area contributed by atoms with Crippen LogP contribution >= 0.6 is 15.9 Å². The molecular weight excluding hydrogens is 256 g/mol. The summed E-state index contributed by atoms with van der Waals surface area (Å²) in [6.07, 6.45) is 3.11. The molecule has 0 aliphatic carbocycles. The lowest BCUT2D eigenvalue weighted by atomic mass is 10.1. The molecule has 74 valence electrons. The highest BCUT2D eigenvalue weighted by Gasteiger charge is 2.13. The predicted octanol–water partition coefficient (Wildman–Crippen LogP) is 2.47. The Morgan fingerprint density at radius 1 is 1.07 bits per heavy atom. The summed E-state index contributed by atoms with van der Waals surface area (Å²) >= 11 is 3.32. The summed E-state index contributed by atoms with van der Waals surface area (Å²) in [7, 11) is 0. The molecule has 1 heterocycles. The van der Waals surface area contributed by atoms with Gasteiger partial charge in [-0.2, -0.15) is 0 Å². The standard InChI is InChI=1S/C11H7BrN2O/c12-9-5-2-1-4-8(9)10(15)11-13-6-3-7-14-11/h1-7H. The summed E-state index contributed by atoms with van der Waals surface area (Å²) in [6.45, 7) is 0. The Morgan fingerprint density at radius 2 is 1.73 bits per heavy atom. The molecule has 0 aliphatic heterocycles. The molecule has 1 aromatic carbocycles. The molecular formula is C11H7BrN2O. The third-order valence-electron chi connectivity index (χ3n) is 1.89. The van der Waals surface area contributed by atoms with Gasteiger partial charge in [-0.15, -0.1) is 0 Å². The molecule has 2 rings (SSSR count). The normalized spacial score (nSPS) is 9.93. The van der Waals surface area contributed by atoms with E-state index in [2.05, 4.69) is 25.9 Å². The molecule has 15 heavy (non-hydrogen) atoms. The summed E-state index contributed by atoms with van der Waals surface area (Å²) < 4.78 is 0.752. The van der Waals surface area contributed by atoms with Crippen molar-refractivity contribution >= 4 is 21.7 Å². The summed E-state index contributed by atoms with van der Waals surface area (Å²) in [5.41, 5.74) is 0.573. The first kappa shape index (κ1) is 9.98. The van der Waals surface area contributed by atoms with E-state index < -0.39 is 0 Å². The van der Waals surface area contributed by atoms with Gasteiger partial charge in [-0.3, -0.25) is 4.79 Å². The molecule has 0 atom stereocenters. The number of benzene rings is 1. The Morgan fingerprint density at radius 3 is 2.40 bits per heavy atom. The minimum Gasteiger partial charge on any atom is -0.285 e. The van der Waals surface area contributed by atoms with Crippen molar-refractivity contribution in [3.63, 3.8) is 0 Å². The van der Waals surface area contributed by atoms with Gasteiger partial charge in [0.2, 0.25) is 11.6 Å². The Bertz CT molecular complexity index is 485. The van der Waals surface area contributed by atoms with Crippen molar-refractivity contribution in [3.8, 4) is 0 Å². The van der Waals surface area contributed by atoms with Gasteiger partial charge in [-0.05, 0) is 18.2 Å². The average molecular weight is 263 g/mol. The highest BCUT2D eigenvalue weighted by Crippen LogP contribution is 2.17. The molecule has 0 N–H and O–H groups in total. The number of rotatable bonds is 2. The number of halogens is 1. The van der Waals surface area contributed by atoms with Crippen LogP contribution < -0.4 is 0 Å². The molecule has 0 saturated carbocycles. The number of hydrogen-bond acceptors (Lipinski definition) is 3. The summed E-state index contributed by atoms with van der Waals surface area (Å²) in [5.74, 6) is 0.0347. The van der Waals surface area contributed by atoms with Gasteiger partial charge in [0.25, 0.3) is 0 Å². The molecule has 4 heteroatoms. The maximum atomic E-state index is 11.9. The first-order valence-electron chi connectivity index (χ1n) is 4.35. The minimum atomic E-state index is -0.178. The van der Waals surface area contributed by atoms with Crippen LogP contribution in [0.25, 0.3) is 0 Å². The minimum absolute atomic E-state index is 0.178. The molecule has 2 aromatic rings. The maximum absolute atomic E-state index is 11.9. The molecule has 0 radical (unpaired) electrons. The van der Waals surface area contributed by atoms with Crippen molar-refractivity contribution < 1.29 is 4.79 Å². The summed E-state index contributed by atoms with van der Waals surface area (Å²) in [5, 5.41) is 0. The lowest BCUT2D eigenvalue weighted by molar-refractivity contribution is 0.102. The highest BCUT2D eigenvalue weighted by molar-refractivity contribution is 9.10. The summed E-state index contributed by atoms with van der Waals surface area (Å²) in [4.78, 5) is 19.7. The molecule has 0 fully saturated rings. The number of ketones is 1. The number of carbonyl (C=O) groups excluding carboxylic acids is 1. The Kier molecular flexibility index (Phi) is 2.87. The second-order valence-electron chi connectivity index (χ2n) is 2.88. The molecule has 0 amide bonds. The lowest BCUT2D eigenvalue weighted by Gasteiger charge is -2.00. The zero-order valence-corrected chi connectivity index (χ0v) is 9.31. The fourth-order valence-electron chi connectivity index (χ4n) is 1.18. The first-order valence-corrected chi connectivity index (χ1v) is 5.14. The van der Waals surface area contributed by atoms with Crippen molar-refractivity contribution in [3.05, 3.63) is 58.6 Å². The summed E-state index contributed by atoms with van der Waals surface area (Å²) in [6, 6.07) is 8.89. The van der Waals surface area contributed by atoms with Crippen LogP contribution in [-0.4, -0.2) is 15.8 Å². The van der Waals surface area contributed by atoms with Gasteiger partial charge in [-0.25, -0.2) is 9.97 Å². The fraction of sp³-hybridized carbons (Fsp3) is 0. The molecule has 0 bridgehead atoms. The van der Waals surface area contributed by atoms with Crippen LogP contribution in [0.2, 0.25) is 0 Å². The molecule has 0 saturated heterocycles. The maximum Gasteiger partial charge on any atom is 0.231 e. The Balaban J connectivity index is 2.42. The SMILES string of the molecule is O=C(c1ncccn1)c1ccccc1Br. The topological polar surface area (TPSA) is 42.9 Å². The third-order valence-corrected chi connectivity index (χ3v) is 2.58. The predicted molar refractivity (Wildman–Crippen MR) is 59.6 cm³/mol. The third kappa shape index (κ3) is 2.10. The van der Waals surface area contributed by atoms with Crippen LogP contribution in [0.5, 0.6) is 0 Å². The number of carbonyl (C=O) groups is 1. The van der Waals surface area contributed by atoms with Crippen LogP contribution in [0.3, 0.4) is 0 Å². The smallest absolute Gasteiger partial charge is 0.231 e. The lowest BCUT2D eigenvalue weighted by Crippen LogP contribution is -2.06. The van der Waals surface area contributed by atoms with Crippen LogP contribution in [-0.2, 0) is 0 Å². The second kappa shape index (κ2) is 4.31. The fourth-order valence-corrected chi connectivity index (χ4v) is 1.65. The zero-order valence-electron chi connectivity index (χ0n) is 7.72. The monoisotopic (exact) mass is 262 g/mol. The van der Waals surface area contributed by atoms with Gasteiger partial charge in [0, 0.05) is 22.4 Å². The Hall–Kier alpha value is -1.55. The number of nitrogens with zero attached hydrogens (tertiary/aromatic N) is 2. The van der Waals surface area contributed by atoms with Gasteiger partial charge < -0.3 is 0 Å². The van der Waals surface area contributed by atoms with Gasteiger partial charge >= 0.3 is 0 Å². The van der Waals surface area contributed by atoms with E-state index in [-0.39, 0.29) is 11.6 Å². The van der Waals surface area contributed by atoms with E-state index >= 15 is 0 Å². The van der Waals surface area contributed by atoms with E-state index in [4.69, 9.17) is 0 Å². The van der Waals surface area contributed by atoms with Gasteiger partial charge in [0.1, 0.15) is 0 Å². The number of aromatic nitrogens is 2. The molecule has 0 spiro atoms. The van der Waals surface area contributed by atoms with E-state index in [1.807, 2.05) is 12.1 Å². The quantitative estimate of drug-likeness (QED) is 0.781. The van der Waals surface area contributed by atoms with Crippen molar-refractivity contribution in [1.29, 1.82) is 0 Å². The van der Waals surface area contributed by atoms with Crippen LogP contribution in [0.1, 0.15) is 16.2 Å². The molecule has 3 nitrogen and oxygen atoms in total. The second-order valence-corrected chi connectivity index (χ2v) is 3.74. The van der Waals surface area contributed by atoms with E-state index in [0.29, 0.717) is 5.56 Å². The van der Waals surface area contributed by atoms with Gasteiger partial charge in [0.05, 0.1) is 0 Å².